The van der Waals surface area contributed by atoms with E-state index >= 15 is 0 Å². The number of ether oxygens (including phenoxy) is 2. The van der Waals surface area contributed by atoms with E-state index in [4.69, 9.17) is 9.47 Å². The largest absolute Gasteiger partial charge is 0.495 e. The lowest BCUT2D eigenvalue weighted by Gasteiger charge is -2.26. The lowest BCUT2D eigenvalue weighted by atomic mass is 10.1. The fraction of sp³-hybridized carbons (Fsp3) is 0.286. The molecule has 36 heavy (non-hydrogen) atoms. The molecule has 186 valence electrons. The highest BCUT2D eigenvalue weighted by atomic mass is 16.5. The molecule has 5 rings (SSSR count). The molecule has 2 N–H and O–H groups in total. The second-order valence-electron chi connectivity index (χ2n) is 8.77. The van der Waals surface area contributed by atoms with E-state index in [-0.39, 0.29) is 5.91 Å². The summed E-state index contributed by atoms with van der Waals surface area (Å²) in [6.07, 6.45) is 2.75. The molecule has 1 aliphatic rings. The highest BCUT2D eigenvalue weighted by Gasteiger charge is 2.12. The molecule has 1 fully saturated rings. The first kappa shape index (κ1) is 23.8. The van der Waals surface area contributed by atoms with Gasteiger partial charge in [0.05, 0.1) is 43.4 Å². The smallest absolute Gasteiger partial charge is 0.251 e. The molecule has 2 heterocycles. The summed E-state index contributed by atoms with van der Waals surface area (Å²) in [6, 6.07) is 21.5. The molecule has 1 amide bonds. The van der Waals surface area contributed by atoms with E-state index in [0.29, 0.717) is 12.1 Å². The van der Waals surface area contributed by atoms with Crippen molar-refractivity contribution >= 4 is 28.2 Å². The van der Waals surface area contributed by atoms with Crippen LogP contribution in [-0.4, -0.2) is 67.1 Å². The predicted molar refractivity (Wildman–Crippen MR) is 142 cm³/mol. The van der Waals surface area contributed by atoms with Crippen molar-refractivity contribution in [3.63, 3.8) is 0 Å². The molecule has 0 radical (unpaired) electrons. The molecule has 0 spiro atoms. The number of benzene rings is 3. The number of rotatable bonds is 9. The van der Waals surface area contributed by atoms with Gasteiger partial charge in [0, 0.05) is 36.3 Å². The van der Waals surface area contributed by atoms with Gasteiger partial charge < -0.3 is 20.1 Å². The van der Waals surface area contributed by atoms with Crippen LogP contribution in [0.4, 0.5) is 11.4 Å². The van der Waals surface area contributed by atoms with Crippen LogP contribution in [0.1, 0.15) is 16.8 Å². The number of hydrogen-bond donors (Lipinski definition) is 2. The zero-order valence-corrected chi connectivity index (χ0v) is 20.4. The van der Waals surface area contributed by atoms with E-state index in [1.54, 1.807) is 7.11 Å². The summed E-state index contributed by atoms with van der Waals surface area (Å²) >= 11 is 0. The summed E-state index contributed by atoms with van der Waals surface area (Å²) in [6.45, 7) is 5.13. The maximum absolute atomic E-state index is 12.8. The average molecular weight is 486 g/mol. The van der Waals surface area contributed by atoms with Crippen molar-refractivity contribution < 1.29 is 14.3 Å². The molecule has 0 aliphatic carbocycles. The predicted octanol–water partition coefficient (Wildman–Crippen LogP) is 4.23. The van der Waals surface area contributed by atoms with Gasteiger partial charge in [-0.25, -0.2) is 4.68 Å². The molecule has 8 nitrogen and oxygen atoms in total. The number of morpholine rings is 1. The minimum Gasteiger partial charge on any atom is -0.495 e. The summed E-state index contributed by atoms with van der Waals surface area (Å²) in [5, 5.41) is 12.0. The zero-order chi connectivity index (χ0) is 24.7. The van der Waals surface area contributed by atoms with Crippen LogP contribution >= 0.6 is 0 Å². The van der Waals surface area contributed by atoms with Gasteiger partial charge in [-0.3, -0.25) is 9.69 Å². The zero-order valence-electron chi connectivity index (χ0n) is 20.4. The second-order valence-corrected chi connectivity index (χ2v) is 8.77. The van der Waals surface area contributed by atoms with Crippen LogP contribution in [0.15, 0.2) is 72.9 Å². The number of carbonyl (C=O) groups is 1. The molecule has 0 bridgehead atoms. The maximum Gasteiger partial charge on any atom is 0.251 e. The Labute approximate surface area is 210 Å². The number of methoxy groups -OCH3 is 1. The summed E-state index contributed by atoms with van der Waals surface area (Å²) in [5.41, 5.74) is 4.27. The Balaban J connectivity index is 1.25. The van der Waals surface area contributed by atoms with E-state index < -0.39 is 0 Å². The number of para-hydroxylation sites is 2. The van der Waals surface area contributed by atoms with Crippen molar-refractivity contribution in [1.29, 1.82) is 0 Å². The van der Waals surface area contributed by atoms with Crippen LogP contribution in [-0.2, 0) is 4.74 Å². The standard InChI is InChI=1S/C28H31N5O3/c1-35-27-9-3-2-8-25(27)31-23-10-11-26-22(18-23)20-30-33(26)24-7-4-6-21(19-24)28(34)29-12-5-13-32-14-16-36-17-15-32/h2-4,6-11,18-20,31H,5,12-17H2,1H3,(H,29,34). The summed E-state index contributed by atoms with van der Waals surface area (Å²) < 4.78 is 12.7. The van der Waals surface area contributed by atoms with Crippen LogP contribution in [0.5, 0.6) is 5.75 Å². The third-order valence-electron chi connectivity index (χ3n) is 6.35. The number of nitrogens with one attached hydrogen (secondary N) is 2. The average Bonchev–Trinajstić information content (AvgIpc) is 3.35. The number of aromatic nitrogens is 2. The van der Waals surface area contributed by atoms with Gasteiger partial charge in [0.25, 0.3) is 5.91 Å². The first-order chi connectivity index (χ1) is 17.7. The van der Waals surface area contributed by atoms with E-state index in [1.807, 2.05) is 71.5 Å². The van der Waals surface area contributed by atoms with E-state index in [1.165, 1.54) is 0 Å². The van der Waals surface area contributed by atoms with Crippen molar-refractivity contribution in [2.75, 3.05) is 51.8 Å². The Morgan fingerprint density at radius 1 is 1.06 bits per heavy atom. The molecule has 8 heteroatoms. The van der Waals surface area contributed by atoms with Crippen LogP contribution in [0.2, 0.25) is 0 Å². The summed E-state index contributed by atoms with van der Waals surface area (Å²) in [4.78, 5) is 15.1. The quantitative estimate of drug-likeness (QED) is 0.346. The number of amides is 1. The molecule has 4 aromatic rings. The Morgan fingerprint density at radius 3 is 2.78 bits per heavy atom. The molecule has 0 atom stereocenters. The minimum absolute atomic E-state index is 0.0708. The van der Waals surface area contributed by atoms with Crippen molar-refractivity contribution in [1.82, 2.24) is 20.0 Å². The Bertz CT molecular complexity index is 1330. The maximum atomic E-state index is 12.8. The SMILES string of the molecule is COc1ccccc1Nc1ccc2c(cnn2-c2cccc(C(=O)NCCCN3CCOCC3)c2)c1. The molecule has 1 aliphatic heterocycles. The van der Waals surface area contributed by atoms with Crippen LogP contribution in [0.3, 0.4) is 0 Å². The lowest BCUT2D eigenvalue weighted by molar-refractivity contribution is 0.0374. The monoisotopic (exact) mass is 485 g/mol. The Morgan fingerprint density at radius 2 is 1.92 bits per heavy atom. The molecular weight excluding hydrogens is 454 g/mol. The van der Waals surface area contributed by atoms with E-state index in [9.17, 15) is 4.79 Å². The molecule has 0 unspecified atom stereocenters. The molecule has 1 saturated heterocycles. The topological polar surface area (TPSA) is 80.6 Å². The molecule has 1 aromatic heterocycles. The van der Waals surface area contributed by atoms with Crippen molar-refractivity contribution in [3.8, 4) is 11.4 Å². The first-order valence-electron chi connectivity index (χ1n) is 12.3. The summed E-state index contributed by atoms with van der Waals surface area (Å²) in [7, 11) is 1.66. The Hall–Kier alpha value is -3.88. The van der Waals surface area contributed by atoms with Gasteiger partial charge in [-0.2, -0.15) is 5.10 Å². The fourth-order valence-corrected chi connectivity index (χ4v) is 4.43. The van der Waals surface area contributed by atoms with Gasteiger partial charge in [0.2, 0.25) is 0 Å². The van der Waals surface area contributed by atoms with Gasteiger partial charge >= 0.3 is 0 Å². The second kappa shape index (κ2) is 11.2. The molecular formula is C28H31N5O3. The van der Waals surface area contributed by atoms with Crippen molar-refractivity contribution in [2.24, 2.45) is 0 Å². The van der Waals surface area contributed by atoms with Gasteiger partial charge in [-0.1, -0.05) is 18.2 Å². The molecule has 3 aromatic carbocycles. The highest BCUT2D eigenvalue weighted by molar-refractivity contribution is 5.95. The molecule has 0 saturated carbocycles. The van der Waals surface area contributed by atoms with Crippen molar-refractivity contribution in [3.05, 3.63) is 78.5 Å². The number of hydrogen-bond acceptors (Lipinski definition) is 6. The third kappa shape index (κ3) is 5.50. The number of carbonyl (C=O) groups excluding carboxylic acids is 1. The van der Waals surface area contributed by atoms with Crippen LogP contribution in [0.25, 0.3) is 16.6 Å². The third-order valence-corrected chi connectivity index (χ3v) is 6.35. The number of anilines is 2. The highest BCUT2D eigenvalue weighted by Crippen LogP contribution is 2.29. The van der Waals surface area contributed by atoms with Gasteiger partial charge in [0.15, 0.2) is 0 Å². The Kier molecular flexibility index (Phi) is 7.44. The minimum atomic E-state index is -0.0708. The van der Waals surface area contributed by atoms with Gasteiger partial charge in [0.1, 0.15) is 5.75 Å². The van der Waals surface area contributed by atoms with Crippen molar-refractivity contribution in [2.45, 2.75) is 6.42 Å². The fourth-order valence-electron chi connectivity index (χ4n) is 4.43. The summed E-state index contributed by atoms with van der Waals surface area (Å²) in [5.74, 6) is 0.711. The lowest BCUT2D eigenvalue weighted by Crippen LogP contribution is -2.38. The number of fused-ring (bicyclic) bond motifs is 1. The van der Waals surface area contributed by atoms with Gasteiger partial charge in [-0.15, -0.1) is 0 Å². The van der Waals surface area contributed by atoms with Crippen LogP contribution < -0.4 is 15.4 Å². The normalized spacial score (nSPS) is 14.0. The van der Waals surface area contributed by atoms with Gasteiger partial charge in [-0.05, 0) is 61.5 Å². The number of nitrogens with zero attached hydrogens (tertiary/aromatic N) is 3. The first-order valence-corrected chi connectivity index (χ1v) is 12.3. The van der Waals surface area contributed by atoms with Crippen LogP contribution in [0, 0.1) is 0 Å². The van der Waals surface area contributed by atoms with E-state index in [2.05, 4.69) is 26.7 Å². The van der Waals surface area contributed by atoms with E-state index in [0.717, 1.165) is 73.0 Å².